The monoisotopic (exact) mass is 556 g/mol. The number of unbranched alkanes of at least 4 members (excludes halogenated alkanes) is 12. The third kappa shape index (κ3) is 24.3. The van der Waals surface area contributed by atoms with E-state index >= 15 is 0 Å². The van der Waals surface area contributed by atoms with Crippen molar-refractivity contribution >= 4 is 0 Å². The molecule has 0 spiro atoms. The predicted molar refractivity (Wildman–Crippen MR) is 155 cm³/mol. The molecule has 0 N–H and O–H groups in total. The molecule has 0 aliphatic carbocycles. The molecule has 0 amide bonds. The van der Waals surface area contributed by atoms with E-state index in [9.17, 15) is 10.2 Å². The van der Waals surface area contributed by atoms with Gasteiger partial charge in [-0.15, -0.1) is 11.5 Å². The van der Waals surface area contributed by atoms with Crippen molar-refractivity contribution in [2.24, 2.45) is 0 Å². The average molecular weight is 557 g/mol. The molecule has 2 aromatic carbocycles. The molecule has 0 aromatic heterocycles. The van der Waals surface area contributed by atoms with Gasteiger partial charge in [0.25, 0.3) is 0 Å². The summed E-state index contributed by atoms with van der Waals surface area (Å²) in [6.07, 6.45) is 20.2. The van der Waals surface area contributed by atoms with Crippen LogP contribution in [-0.4, -0.2) is 12.2 Å². The Balaban J connectivity index is 0. The normalized spacial score (nSPS) is 12.5. The molecule has 2 aromatic rings. The molecule has 1 aliphatic heterocycles. The second-order valence-electron chi connectivity index (χ2n) is 11.0. The standard InChI is InChI=1S/2C15H24O.C4H8O.2Na/c2*1-2-3-4-5-6-7-8-11-14-12-9-10-13-15(14)16;1-4(2)3-5-4;;/h2*9-10,12-13,16H,2-8,11H2,1H3;3H2,1-2H3;;/q;;;2*+1/p-2. The molecule has 5 heteroatoms. The fraction of sp³-hybridized carbons (Fsp3) is 0.647. The van der Waals surface area contributed by atoms with Crippen LogP contribution in [-0.2, 0) is 17.6 Å². The first-order valence-electron chi connectivity index (χ1n) is 15.0. The summed E-state index contributed by atoms with van der Waals surface area (Å²) in [6.45, 7) is 9.59. The third-order valence-corrected chi connectivity index (χ3v) is 6.77. The number of epoxide rings is 1. The van der Waals surface area contributed by atoms with Crippen molar-refractivity contribution in [1.82, 2.24) is 0 Å². The minimum atomic E-state index is 0. The molecule has 0 unspecified atom stereocenters. The SMILES string of the molecule is CC1(C)CO1.CCCCCCCCCc1ccccc1[O-].CCCCCCCCCc1ccccc1[O-].[Na+].[Na+]. The van der Waals surface area contributed by atoms with Crippen molar-refractivity contribution in [3.8, 4) is 11.5 Å². The summed E-state index contributed by atoms with van der Waals surface area (Å²) < 4.78 is 4.90. The van der Waals surface area contributed by atoms with E-state index in [-0.39, 0.29) is 76.2 Å². The summed E-state index contributed by atoms with van der Waals surface area (Å²) >= 11 is 0. The van der Waals surface area contributed by atoms with Crippen molar-refractivity contribution in [2.45, 2.75) is 136 Å². The maximum absolute atomic E-state index is 11.4. The molecule has 39 heavy (non-hydrogen) atoms. The minimum Gasteiger partial charge on any atom is -0.872 e. The largest absolute Gasteiger partial charge is 1.00 e. The smallest absolute Gasteiger partial charge is 0.872 e. The Kier molecular flexibility index (Phi) is 28.3. The topological polar surface area (TPSA) is 58.6 Å². The molecule has 0 saturated carbocycles. The number of benzene rings is 2. The van der Waals surface area contributed by atoms with E-state index < -0.39 is 0 Å². The molecule has 1 fully saturated rings. The molecule has 1 saturated heterocycles. The summed E-state index contributed by atoms with van der Waals surface area (Å²) in [7, 11) is 0. The second-order valence-corrected chi connectivity index (χ2v) is 11.0. The van der Waals surface area contributed by atoms with Gasteiger partial charge in [-0.3, -0.25) is 0 Å². The van der Waals surface area contributed by atoms with E-state index in [0.717, 1.165) is 43.4 Å². The molecule has 0 radical (unpaired) electrons. The average Bonchev–Trinajstić information content (AvgIpc) is 3.60. The van der Waals surface area contributed by atoms with Crippen molar-refractivity contribution in [1.29, 1.82) is 0 Å². The predicted octanol–water partition coefficient (Wildman–Crippen LogP) is 2.91. The Morgan fingerprint density at radius 3 is 1.13 bits per heavy atom. The van der Waals surface area contributed by atoms with Crippen molar-refractivity contribution in [2.75, 3.05) is 6.61 Å². The van der Waals surface area contributed by atoms with E-state index in [4.69, 9.17) is 4.74 Å². The van der Waals surface area contributed by atoms with Crippen LogP contribution in [0.1, 0.15) is 129 Å². The Hall–Kier alpha value is 0.000000000000000666. The van der Waals surface area contributed by atoms with Gasteiger partial charge in [0.05, 0.1) is 12.2 Å². The molecule has 3 rings (SSSR count). The minimum absolute atomic E-state index is 0. The molecule has 3 nitrogen and oxygen atoms in total. The molecule has 0 atom stereocenters. The van der Waals surface area contributed by atoms with Gasteiger partial charge in [0.15, 0.2) is 0 Å². The quantitative estimate of drug-likeness (QED) is 0.182. The van der Waals surface area contributed by atoms with E-state index in [0.29, 0.717) is 0 Å². The number of hydrogen-bond donors (Lipinski definition) is 0. The van der Waals surface area contributed by atoms with Crippen LogP contribution in [0.2, 0.25) is 0 Å². The van der Waals surface area contributed by atoms with Crippen LogP contribution in [0.3, 0.4) is 0 Å². The Bertz CT molecular complexity index is 745. The van der Waals surface area contributed by atoms with Crippen molar-refractivity contribution < 1.29 is 74.1 Å². The molecule has 1 aliphatic rings. The Morgan fingerprint density at radius 1 is 0.564 bits per heavy atom. The number of para-hydroxylation sites is 2. The van der Waals surface area contributed by atoms with Gasteiger partial charge in [-0.25, -0.2) is 0 Å². The van der Waals surface area contributed by atoms with Crippen LogP contribution in [0.15, 0.2) is 48.5 Å². The summed E-state index contributed by atoms with van der Waals surface area (Å²) in [6, 6.07) is 14.8. The van der Waals surface area contributed by atoms with Crippen LogP contribution in [0.25, 0.3) is 0 Å². The van der Waals surface area contributed by atoms with Gasteiger partial charge in [-0.1, -0.05) is 151 Å². The number of aryl methyl sites for hydroxylation is 2. The van der Waals surface area contributed by atoms with E-state index in [2.05, 4.69) is 27.7 Å². The summed E-state index contributed by atoms with van der Waals surface area (Å²) in [4.78, 5) is 0. The zero-order valence-electron chi connectivity index (χ0n) is 26.4. The van der Waals surface area contributed by atoms with Gasteiger partial charge in [-0.05, 0) is 39.5 Å². The van der Waals surface area contributed by atoms with E-state index in [1.54, 1.807) is 12.1 Å². The number of ether oxygens (including phenoxy) is 1. The molecular weight excluding hydrogens is 502 g/mol. The van der Waals surface area contributed by atoms with Gasteiger partial charge in [0.2, 0.25) is 0 Å². The van der Waals surface area contributed by atoms with Gasteiger partial charge in [0, 0.05) is 0 Å². The van der Waals surface area contributed by atoms with Crippen LogP contribution in [0.4, 0.5) is 0 Å². The Morgan fingerprint density at radius 2 is 0.846 bits per heavy atom. The zero-order valence-corrected chi connectivity index (χ0v) is 30.4. The first-order chi connectivity index (χ1) is 17.9. The maximum Gasteiger partial charge on any atom is 1.00 e. The van der Waals surface area contributed by atoms with Gasteiger partial charge < -0.3 is 14.9 Å². The van der Waals surface area contributed by atoms with Crippen molar-refractivity contribution in [3.63, 3.8) is 0 Å². The number of hydrogen-bond acceptors (Lipinski definition) is 3. The van der Waals surface area contributed by atoms with Crippen molar-refractivity contribution in [3.05, 3.63) is 59.7 Å². The molecule has 1 heterocycles. The zero-order chi connectivity index (χ0) is 27.2. The molecule has 210 valence electrons. The fourth-order valence-electron chi connectivity index (χ4n) is 4.11. The molecular formula is C34H54Na2O3. The fourth-order valence-corrected chi connectivity index (χ4v) is 4.11. The summed E-state index contributed by atoms with van der Waals surface area (Å²) in [5.41, 5.74) is 2.21. The van der Waals surface area contributed by atoms with E-state index in [1.807, 2.05) is 36.4 Å². The Labute approximate surface area is 285 Å². The molecule has 0 bridgehead atoms. The van der Waals surface area contributed by atoms with E-state index in [1.165, 1.54) is 77.0 Å². The first kappa shape index (κ1) is 41.1. The van der Waals surface area contributed by atoms with Crippen LogP contribution in [0.5, 0.6) is 11.5 Å². The van der Waals surface area contributed by atoms with Crippen LogP contribution >= 0.6 is 0 Å². The summed E-state index contributed by atoms with van der Waals surface area (Å²) in [5, 5.41) is 22.8. The van der Waals surface area contributed by atoms with Gasteiger partial charge >= 0.3 is 59.1 Å². The first-order valence-corrected chi connectivity index (χ1v) is 15.0. The van der Waals surface area contributed by atoms with Crippen LogP contribution < -0.4 is 69.3 Å². The summed E-state index contributed by atoms with van der Waals surface area (Å²) in [5.74, 6) is 0.405. The maximum atomic E-state index is 11.4. The second kappa shape index (κ2) is 26.9. The van der Waals surface area contributed by atoms with Crippen LogP contribution in [0, 0.1) is 0 Å². The third-order valence-electron chi connectivity index (χ3n) is 6.77. The van der Waals surface area contributed by atoms with Gasteiger partial charge in [-0.2, -0.15) is 0 Å². The van der Waals surface area contributed by atoms with Gasteiger partial charge in [0.1, 0.15) is 0 Å². The number of rotatable bonds is 16.